The maximum absolute atomic E-state index is 5.94. The fraction of sp³-hybridized carbons (Fsp3) is 0. The molecular weight excluding hydrogens is 273 g/mol. The summed E-state index contributed by atoms with van der Waals surface area (Å²) in [7, 11) is 5.94. The van der Waals surface area contributed by atoms with Crippen LogP contribution in [-0.4, -0.2) is 23.4 Å². The summed E-state index contributed by atoms with van der Waals surface area (Å²) in [5.41, 5.74) is 4.30. The van der Waals surface area contributed by atoms with Gasteiger partial charge in [0.15, 0.2) is 0 Å². The molecule has 0 amide bonds. The van der Waals surface area contributed by atoms with Gasteiger partial charge >= 0.3 is 118 Å². The first-order valence-electron chi connectivity index (χ1n) is 6.69. The normalized spacial score (nSPS) is 10.3. The SMILES string of the molecule is [B+2]c1cccc(-n2c3ccccc3c3ccccc32)c1.[OH-].[OH-]. The van der Waals surface area contributed by atoms with E-state index in [2.05, 4.69) is 59.2 Å². The molecule has 1 aromatic heterocycles. The van der Waals surface area contributed by atoms with Crippen molar-refractivity contribution in [3.8, 4) is 5.69 Å². The molecule has 4 rings (SSSR count). The average Bonchev–Trinajstić information content (AvgIpc) is 2.82. The molecule has 2 N–H and O–H groups in total. The topological polar surface area (TPSA) is 64.9 Å². The molecule has 0 aliphatic carbocycles. The molecule has 4 aromatic rings. The third kappa shape index (κ3) is 2.28. The van der Waals surface area contributed by atoms with Gasteiger partial charge in [-0.25, -0.2) is 0 Å². The zero-order valence-electron chi connectivity index (χ0n) is 11.8. The monoisotopic (exact) mass is 287 g/mol. The minimum atomic E-state index is 0. The van der Waals surface area contributed by atoms with Crippen molar-refractivity contribution >= 4 is 35.1 Å². The van der Waals surface area contributed by atoms with E-state index in [1.54, 1.807) is 0 Å². The van der Waals surface area contributed by atoms with Gasteiger partial charge in [0.1, 0.15) is 0 Å². The first kappa shape index (κ1) is 15.8. The molecule has 0 unspecified atom stereocenters. The summed E-state index contributed by atoms with van der Waals surface area (Å²) in [4.78, 5) is 0. The van der Waals surface area contributed by atoms with Crippen molar-refractivity contribution in [3.05, 3.63) is 72.8 Å². The molecule has 1 heterocycles. The standard InChI is InChI=1S/C18H12BN.2H2O/c19-13-6-5-7-14(12-13)20-17-10-3-1-8-15(17)16-9-2-4-11-18(16)20;;/h1-12H;2*1H2/q+2;;/p-2. The first-order chi connectivity index (χ1) is 9.84. The van der Waals surface area contributed by atoms with Gasteiger partial charge in [-0.15, -0.1) is 0 Å². The molecule has 0 aliphatic heterocycles. The van der Waals surface area contributed by atoms with Crippen molar-refractivity contribution < 1.29 is 11.0 Å². The smallest absolute Gasteiger partial charge is 0.870 e. The van der Waals surface area contributed by atoms with Crippen LogP contribution in [0.4, 0.5) is 0 Å². The van der Waals surface area contributed by atoms with Crippen molar-refractivity contribution in [2.45, 2.75) is 0 Å². The molecule has 3 nitrogen and oxygen atoms in total. The Morgan fingerprint density at radius 3 is 1.73 bits per heavy atom. The van der Waals surface area contributed by atoms with Crippen LogP contribution >= 0.6 is 0 Å². The Bertz CT molecular complexity index is 877. The number of para-hydroxylation sites is 2. The Kier molecular flexibility index (Phi) is 4.36. The Balaban J connectivity index is 0.000000882. The van der Waals surface area contributed by atoms with Gasteiger partial charge in [0.05, 0.1) is 0 Å². The van der Waals surface area contributed by atoms with Crippen molar-refractivity contribution in [1.29, 1.82) is 0 Å². The molecule has 106 valence electrons. The zero-order chi connectivity index (χ0) is 13.5. The average molecular weight is 287 g/mol. The van der Waals surface area contributed by atoms with Crippen LogP contribution in [0.15, 0.2) is 72.8 Å². The van der Waals surface area contributed by atoms with Gasteiger partial charge in [-0.05, 0) is 0 Å². The van der Waals surface area contributed by atoms with Crippen molar-refractivity contribution in [1.82, 2.24) is 4.57 Å². The van der Waals surface area contributed by atoms with Gasteiger partial charge in [-0.2, -0.15) is 0 Å². The summed E-state index contributed by atoms with van der Waals surface area (Å²) in [6, 6.07) is 25.0. The maximum Gasteiger partial charge on any atom is -0.870 e. The summed E-state index contributed by atoms with van der Waals surface area (Å²) >= 11 is 0. The van der Waals surface area contributed by atoms with Gasteiger partial charge in [-0.3, -0.25) is 0 Å². The van der Waals surface area contributed by atoms with Gasteiger partial charge in [0.2, 0.25) is 0 Å². The fourth-order valence-corrected chi connectivity index (χ4v) is 2.86. The van der Waals surface area contributed by atoms with Crippen LogP contribution < -0.4 is 5.46 Å². The van der Waals surface area contributed by atoms with Crippen LogP contribution in [0.5, 0.6) is 0 Å². The summed E-state index contributed by atoms with van der Waals surface area (Å²) in [5.74, 6) is 0. The first-order valence-corrected chi connectivity index (χ1v) is 6.69. The predicted molar refractivity (Wildman–Crippen MR) is 90.0 cm³/mol. The van der Waals surface area contributed by atoms with Crippen molar-refractivity contribution in [2.24, 2.45) is 0 Å². The molecule has 0 bridgehead atoms. The molecule has 0 saturated heterocycles. The van der Waals surface area contributed by atoms with Crippen LogP contribution in [0.3, 0.4) is 0 Å². The second-order valence-electron chi connectivity index (χ2n) is 4.96. The number of benzene rings is 3. The molecule has 4 heteroatoms. The van der Waals surface area contributed by atoms with Crippen molar-refractivity contribution in [3.63, 3.8) is 0 Å². The van der Waals surface area contributed by atoms with Gasteiger partial charge in [0.25, 0.3) is 0 Å². The third-order valence-corrected chi connectivity index (χ3v) is 3.71. The van der Waals surface area contributed by atoms with E-state index in [0.29, 0.717) is 0 Å². The minimum absolute atomic E-state index is 0. The van der Waals surface area contributed by atoms with E-state index in [4.69, 9.17) is 7.85 Å². The van der Waals surface area contributed by atoms with E-state index >= 15 is 0 Å². The van der Waals surface area contributed by atoms with Gasteiger partial charge in [0, 0.05) is 0 Å². The molecule has 0 spiro atoms. The Morgan fingerprint density at radius 1 is 0.636 bits per heavy atom. The fourth-order valence-electron chi connectivity index (χ4n) is 2.86. The summed E-state index contributed by atoms with van der Waals surface area (Å²) < 4.78 is 2.26. The van der Waals surface area contributed by atoms with E-state index in [0.717, 1.165) is 11.2 Å². The van der Waals surface area contributed by atoms with E-state index in [1.807, 2.05) is 18.2 Å². The van der Waals surface area contributed by atoms with Crippen LogP contribution in [0.1, 0.15) is 0 Å². The predicted octanol–water partition coefficient (Wildman–Crippen LogP) is 3.22. The van der Waals surface area contributed by atoms with Gasteiger partial charge in [-0.1, -0.05) is 0 Å². The number of aromatic nitrogens is 1. The molecule has 0 aliphatic rings. The van der Waals surface area contributed by atoms with Crippen LogP contribution in [0, 0.1) is 0 Å². The largest absolute Gasteiger partial charge is 0.870 e. The molecule has 0 radical (unpaired) electrons. The molecular formula is C18H14BNO2. The Hall–Kier alpha value is -2.56. The third-order valence-electron chi connectivity index (χ3n) is 3.71. The summed E-state index contributed by atoms with van der Waals surface area (Å²) in [5, 5.41) is 2.54. The number of hydrogen-bond acceptors (Lipinski definition) is 2. The second-order valence-corrected chi connectivity index (χ2v) is 4.96. The van der Waals surface area contributed by atoms with E-state index < -0.39 is 0 Å². The molecule has 0 fully saturated rings. The van der Waals surface area contributed by atoms with Crippen molar-refractivity contribution in [2.75, 3.05) is 0 Å². The quantitative estimate of drug-likeness (QED) is 0.504. The van der Waals surface area contributed by atoms with Crippen LogP contribution in [0.2, 0.25) is 0 Å². The van der Waals surface area contributed by atoms with Crippen LogP contribution in [-0.2, 0) is 0 Å². The zero-order valence-corrected chi connectivity index (χ0v) is 11.8. The molecule has 22 heavy (non-hydrogen) atoms. The Morgan fingerprint density at radius 2 is 1.18 bits per heavy atom. The number of fused-ring (bicyclic) bond motifs is 3. The van der Waals surface area contributed by atoms with E-state index in [1.165, 1.54) is 21.8 Å². The summed E-state index contributed by atoms with van der Waals surface area (Å²) in [6.07, 6.45) is 0. The number of hydrogen-bond donors (Lipinski definition) is 0. The molecule has 0 saturated carbocycles. The molecule has 3 aromatic carbocycles. The van der Waals surface area contributed by atoms with E-state index in [-0.39, 0.29) is 11.0 Å². The maximum atomic E-state index is 5.94. The van der Waals surface area contributed by atoms with Crippen LogP contribution in [0.25, 0.3) is 27.5 Å². The molecule has 0 atom stereocenters. The minimum Gasteiger partial charge on any atom is -0.870 e. The van der Waals surface area contributed by atoms with E-state index in [9.17, 15) is 0 Å². The van der Waals surface area contributed by atoms with Gasteiger partial charge < -0.3 is 11.0 Å². The summed E-state index contributed by atoms with van der Waals surface area (Å²) in [6.45, 7) is 0. The Labute approximate surface area is 129 Å². The second kappa shape index (κ2) is 6.06. The number of rotatable bonds is 1. The number of nitrogens with zero attached hydrogens (tertiary/aromatic N) is 1.